The molecular formula is C25H28FN3O2. The summed E-state index contributed by atoms with van der Waals surface area (Å²) >= 11 is 0. The minimum Gasteiger partial charge on any atom is -0.378 e. The van der Waals surface area contributed by atoms with Gasteiger partial charge in [0.15, 0.2) is 0 Å². The van der Waals surface area contributed by atoms with Crippen molar-refractivity contribution >= 4 is 16.9 Å². The topological polar surface area (TPSA) is 47.4 Å². The molecule has 2 aromatic heterocycles. The summed E-state index contributed by atoms with van der Waals surface area (Å²) in [5.41, 5.74) is 3.75. The van der Waals surface area contributed by atoms with Crippen molar-refractivity contribution in [2.45, 2.75) is 38.1 Å². The van der Waals surface area contributed by atoms with Gasteiger partial charge >= 0.3 is 0 Å². The molecule has 162 valence electrons. The molecule has 1 aromatic carbocycles. The first-order valence-electron chi connectivity index (χ1n) is 11.3. The van der Waals surface area contributed by atoms with E-state index in [0.717, 1.165) is 43.3 Å². The monoisotopic (exact) mass is 421 g/mol. The number of aromatic nitrogens is 2. The van der Waals surface area contributed by atoms with Gasteiger partial charge in [-0.2, -0.15) is 0 Å². The summed E-state index contributed by atoms with van der Waals surface area (Å²) in [7, 11) is 0. The highest BCUT2D eigenvalue weighted by molar-refractivity contribution is 6.05. The Bertz CT molecular complexity index is 1050. The van der Waals surface area contributed by atoms with E-state index in [-0.39, 0.29) is 11.7 Å². The van der Waals surface area contributed by atoms with Crippen LogP contribution in [-0.4, -0.2) is 46.7 Å². The molecule has 0 radical (unpaired) electrons. The Morgan fingerprint density at radius 3 is 2.55 bits per heavy atom. The van der Waals surface area contributed by atoms with Gasteiger partial charge in [-0.05, 0) is 67.3 Å². The van der Waals surface area contributed by atoms with Crippen LogP contribution in [0.5, 0.6) is 0 Å². The SMILES string of the molecule is O=C(c1cn(CC2CCC(c3ccc(F)cc3)CC2)c2cccnc12)N1CCOCC1. The Balaban J connectivity index is 1.31. The van der Waals surface area contributed by atoms with Crippen LogP contribution in [0, 0.1) is 11.7 Å². The maximum atomic E-state index is 13.2. The highest BCUT2D eigenvalue weighted by Crippen LogP contribution is 2.37. The molecule has 0 unspecified atom stereocenters. The van der Waals surface area contributed by atoms with Gasteiger partial charge < -0.3 is 14.2 Å². The van der Waals surface area contributed by atoms with Gasteiger partial charge in [0.2, 0.25) is 0 Å². The first kappa shape index (κ1) is 20.2. The molecule has 2 fully saturated rings. The molecule has 0 bridgehead atoms. The number of hydrogen-bond acceptors (Lipinski definition) is 3. The Labute approximate surface area is 181 Å². The van der Waals surface area contributed by atoms with Crippen molar-refractivity contribution in [3.8, 4) is 0 Å². The highest BCUT2D eigenvalue weighted by atomic mass is 19.1. The third-order valence-corrected chi connectivity index (χ3v) is 6.81. The predicted octanol–water partition coefficient (Wildman–Crippen LogP) is 4.62. The summed E-state index contributed by atoms with van der Waals surface area (Å²) in [6.45, 7) is 3.34. The minimum atomic E-state index is -0.173. The van der Waals surface area contributed by atoms with Gasteiger partial charge in [-0.3, -0.25) is 9.78 Å². The van der Waals surface area contributed by atoms with Gasteiger partial charge in [-0.25, -0.2) is 4.39 Å². The van der Waals surface area contributed by atoms with E-state index in [1.54, 1.807) is 18.3 Å². The third-order valence-electron chi connectivity index (χ3n) is 6.81. The predicted molar refractivity (Wildman–Crippen MR) is 118 cm³/mol. The van der Waals surface area contributed by atoms with E-state index in [2.05, 4.69) is 15.6 Å². The summed E-state index contributed by atoms with van der Waals surface area (Å²) in [6.07, 6.45) is 8.27. The Hall–Kier alpha value is -2.73. The Morgan fingerprint density at radius 1 is 1.06 bits per heavy atom. The molecule has 1 saturated heterocycles. The molecule has 1 aliphatic heterocycles. The molecule has 0 spiro atoms. The number of halogens is 1. The number of benzene rings is 1. The van der Waals surface area contributed by atoms with Crippen LogP contribution in [0.2, 0.25) is 0 Å². The lowest BCUT2D eigenvalue weighted by molar-refractivity contribution is 0.0304. The van der Waals surface area contributed by atoms with Crippen molar-refractivity contribution in [1.29, 1.82) is 0 Å². The number of fused-ring (bicyclic) bond motifs is 1. The summed E-state index contributed by atoms with van der Waals surface area (Å²) in [6, 6.07) is 11.0. The minimum absolute atomic E-state index is 0.0470. The van der Waals surface area contributed by atoms with Gasteiger partial charge in [-0.15, -0.1) is 0 Å². The fourth-order valence-electron chi connectivity index (χ4n) is 5.06. The summed E-state index contributed by atoms with van der Waals surface area (Å²) in [5, 5.41) is 0. The summed E-state index contributed by atoms with van der Waals surface area (Å²) in [4.78, 5) is 19.5. The Morgan fingerprint density at radius 2 is 1.81 bits per heavy atom. The molecule has 1 saturated carbocycles. The number of morpholine rings is 1. The average Bonchev–Trinajstić information content (AvgIpc) is 3.19. The number of rotatable bonds is 4. The Kier molecular flexibility index (Phi) is 5.72. The first-order chi connectivity index (χ1) is 15.2. The van der Waals surface area contributed by atoms with Crippen molar-refractivity contribution in [3.63, 3.8) is 0 Å². The second-order valence-electron chi connectivity index (χ2n) is 8.74. The molecule has 1 amide bonds. The van der Waals surface area contributed by atoms with Gasteiger partial charge in [0.1, 0.15) is 11.3 Å². The smallest absolute Gasteiger partial charge is 0.257 e. The molecule has 31 heavy (non-hydrogen) atoms. The molecule has 6 heteroatoms. The van der Waals surface area contributed by atoms with E-state index in [0.29, 0.717) is 43.7 Å². The van der Waals surface area contributed by atoms with Crippen LogP contribution in [0.3, 0.4) is 0 Å². The van der Waals surface area contributed by atoms with Crippen LogP contribution < -0.4 is 0 Å². The average molecular weight is 422 g/mol. The van der Waals surface area contributed by atoms with Crippen molar-refractivity contribution in [2.24, 2.45) is 5.92 Å². The maximum Gasteiger partial charge on any atom is 0.257 e. The van der Waals surface area contributed by atoms with Crippen molar-refractivity contribution in [2.75, 3.05) is 26.3 Å². The maximum absolute atomic E-state index is 13.2. The van der Waals surface area contributed by atoms with E-state index in [9.17, 15) is 9.18 Å². The van der Waals surface area contributed by atoms with Crippen LogP contribution in [0.4, 0.5) is 4.39 Å². The van der Waals surface area contributed by atoms with Crippen LogP contribution in [-0.2, 0) is 11.3 Å². The number of nitrogens with zero attached hydrogens (tertiary/aromatic N) is 3. The van der Waals surface area contributed by atoms with E-state index in [1.807, 2.05) is 29.3 Å². The van der Waals surface area contributed by atoms with Crippen LogP contribution in [0.1, 0.15) is 47.5 Å². The molecule has 1 aliphatic carbocycles. The third kappa shape index (κ3) is 4.22. The molecule has 5 nitrogen and oxygen atoms in total. The van der Waals surface area contributed by atoms with Crippen LogP contribution >= 0.6 is 0 Å². The van der Waals surface area contributed by atoms with Crippen LogP contribution in [0.25, 0.3) is 11.0 Å². The molecule has 5 rings (SSSR count). The standard InChI is InChI=1S/C25H28FN3O2/c26-21-9-7-20(8-10-21)19-5-3-18(4-6-19)16-29-17-22(24-23(29)2-1-11-27-24)25(30)28-12-14-31-15-13-28/h1-2,7-11,17-19H,3-6,12-16H2. The van der Waals surface area contributed by atoms with Gasteiger partial charge in [-0.1, -0.05) is 12.1 Å². The zero-order chi connectivity index (χ0) is 21.2. The number of pyridine rings is 1. The van der Waals surface area contributed by atoms with Crippen molar-refractivity contribution < 1.29 is 13.9 Å². The quantitative estimate of drug-likeness (QED) is 0.618. The number of amides is 1. The van der Waals surface area contributed by atoms with Gasteiger partial charge in [0.25, 0.3) is 5.91 Å². The first-order valence-corrected chi connectivity index (χ1v) is 11.3. The number of hydrogen-bond donors (Lipinski definition) is 0. The second kappa shape index (κ2) is 8.79. The lowest BCUT2D eigenvalue weighted by atomic mass is 9.78. The van der Waals surface area contributed by atoms with E-state index in [1.165, 1.54) is 5.56 Å². The molecule has 0 N–H and O–H groups in total. The number of carbonyl (C=O) groups excluding carboxylic acids is 1. The zero-order valence-corrected chi connectivity index (χ0v) is 17.7. The molecule has 3 heterocycles. The van der Waals surface area contributed by atoms with Gasteiger partial charge in [0.05, 0.1) is 24.3 Å². The van der Waals surface area contributed by atoms with Crippen LogP contribution in [0.15, 0.2) is 48.8 Å². The van der Waals surface area contributed by atoms with Gasteiger partial charge in [0, 0.05) is 32.0 Å². The summed E-state index contributed by atoms with van der Waals surface area (Å²) in [5.74, 6) is 0.955. The number of carbonyl (C=O) groups is 1. The van der Waals surface area contributed by atoms with Crippen molar-refractivity contribution in [1.82, 2.24) is 14.5 Å². The van der Waals surface area contributed by atoms with E-state index < -0.39 is 0 Å². The molecular weight excluding hydrogens is 393 g/mol. The lowest BCUT2D eigenvalue weighted by Gasteiger charge is -2.29. The second-order valence-corrected chi connectivity index (χ2v) is 8.74. The van der Waals surface area contributed by atoms with Crippen molar-refractivity contribution in [3.05, 3.63) is 65.7 Å². The fraction of sp³-hybridized carbons (Fsp3) is 0.440. The molecule has 0 atom stereocenters. The lowest BCUT2D eigenvalue weighted by Crippen LogP contribution is -2.40. The fourth-order valence-corrected chi connectivity index (χ4v) is 5.06. The summed E-state index contributed by atoms with van der Waals surface area (Å²) < 4.78 is 20.8. The van der Waals surface area contributed by atoms with E-state index >= 15 is 0 Å². The normalized spacial score (nSPS) is 22.0. The molecule has 2 aliphatic rings. The zero-order valence-electron chi connectivity index (χ0n) is 17.7. The largest absolute Gasteiger partial charge is 0.378 e. The highest BCUT2D eigenvalue weighted by Gasteiger charge is 2.26. The van der Waals surface area contributed by atoms with E-state index in [4.69, 9.17) is 4.74 Å². The number of ether oxygens (including phenoxy) is 1. The molecule has 3 aromatic rings.